The van der Waals surface area contributed by atoms with Crippen LogP contribution in [0.2, 0.25) is 9.36 Å². The maximum Gasteiger partial charge on any atom is 0.270 e. The number of aromatic nitrogens is 1. The minimum Gasteiger partial charge on any atom is -0.494 e. The summed E-state index contributed by atoms with van der Waals surface area (Å²) in [4.78, 5) is 20.1. The van der Waals surface area contributed by atoms with Crippen molar-refractivity contribution in [2.75, 3.05) is 25.2 Å². The number of carbonyl (C=O) groups is 1. The molecule has 142 valence electrons. The third-order valence-electron chi connectivity index (χ3n) is 4.34. The summed E-state index contributed by atoms with van der Waals surface area (Å²) in [6.07, 6.45) is 1.91. The monoisotopic (exact) mass is 442 g/mol. The highest BCUT2D eigenvalue weighted by Crippen LogP contribution is 2.39. The third-order valence-corrected chi connectivity index (χ3v) is 7.10. The van der Waals surface area contributed by atoms with Crippen LogP contribution in [0, 0.1) is 0 Å². The van der Waals surface area contributed by atoms with Crippen molar-refractivity contribution in [2.45, 2.75) is 18.9 Å². The van der Waals surface area contributed by atoms with E-state index in [2.05, 4.69) is 4.98 Å². The van der Waals surface area contributed by atoms with Crippen molar-refractivity contribution < 1.29 is 14.3 Å². The van der Waals surface area contributed by atoms with Crippen LogP contribution < -0.4 is 9.64 Å². The summed E-state index contributed by atoms with van der Waals surface area (Å²) in [5.41, 5.74) is 0.652. The lowest BCUT2D eigenvalue weighted by Gasteiger charge is -2.22. The van der Waals surface area contributed by atoms with E-state index in [4.69, 9.17) is 32.7 Å². The number of carbonyl (C=O) groups excluding carboxylic acids is 1. The van der Waals surface area contributed by atoms with E-state index in [1.54, 1.807) is 36.3 Å². The fourth-order valence-corrected chi connectivity index (χ4v) is 5.28. The molecule has 0 bridgehead atoms. The predicted molar refractivity (Wildman–Crippen MR) is 111 cm³/mol. The molecule has 1 atom stereocenters. The number of hydrogen-bond acceptors (Lipinski definition) is 6. The highest BCUT2D eigenvalue weighted by atomic mass is 35.5. The van der Waals surface area contributed by atoms with Crippen LogP contribution >= 0.6 is 45.9 Å². The highest BCUT2D eigenvalue weighted by molar-refractivity contribution is 7.23. The number of hydrogen-bond donors (Lipinski definition) is 0. The lowest BCUT2D eigenvalue weighted by molar-refractivity contribution is 0.0920. The number of thiophene rings is 1. The third kappa shape index (κ3) is 3.79. The smallest absolute Gasteiger partial charge is 0.270 e. The van der Waals surface area contributed by atoms with Crippen LogP contribution in [0.25, 0.3) is 10.2 Å². The fraction of sp³-hybridized carbons (Fsp3) is 0.333. The molecular weight excluding hydrogens is 427 g/mol. The molecule has 27 heavy (non-hydrogen) atoms. The minimum absolute atomic E-state index is 0.00577. The Bertz CT molecular complexity index is 982. The molecule has 1 saturated heterocycles. The van der Waals surface area contributed by atoms with E-state index in [1.807, 2.05) is 0 Å². The molecule has 0 saturated carbocycles. The van der Waals surface area contributed by atoms with Crippen LogP contribution in [0.4, 0.5) is 5.13 Å². The largest absolute Gasteiger partial charge is 0.494 e. The predicted octanol–water partition coefficient (Wildman–Crippen LogP) is 5.50. The van der Waals surface area contributed by atoms with Gasteiger partial charge >= 0.3 is 0 Å². The van der Waals surface area contributed by atoms with Crippen molar-refractivity contribution in [1.82, 2.24) is 4.98 Å². The molecule has 1 fully saturated rings. The van der Waals surface area contributed by atoms with Crippen molar-refractivity contribution in [3.63, 3.8) is 0 Å². The van der Waals surface area contributed by atoms with Crippen LogP contribution in [-0.2, 0) is 4.74 Å². The molecule has 4 rings (SSSR count). The summed E-state index contributed by atoms with van der Waals surface area (Å²) in [6, 6.07) is 7.01. The van der Waals surface area contributed by atoms with Gasteiger partial charge in [0.2, 0.25) is 0 Å². The Kier molecular flexibility index (Phi) is 5.57. The number of anilines is 1. The van der Waals surface area contributed by atoms with Crippen molar-refractivity contribution in [1.29, 1.82) is 0 Å². The zero-order chi connectivity index (χ0) is 19.0. The fourth-order valence-electron chi connectivity index (χ4n) is 3.02. The van der Waals surface area contributed by atoms with Gasteiger partial charge in [0.1, 0.15) is 11.3 Å². The second kappa shape index (κ2) is 7.93. The Hall–Kier alpha value is -1.38. The molecular formula is C18H16Cl2N2O3S2. The van der Waals surface area contributed by atoms with Crippen LogP contribution in [0.1, 0.15) is 22.5 Å². The maximum atomic E-state index is 13.2. The second-order valence-electron chi connectivity index (χ2n) is 6.08. The Labute approximate surface area is 174 Å². The second-order valence-corrected chi connectivity index (χ2v) is 9.18. The molecule has 0 aliphatic carbocycles. The van der Waals surface area contributed by atoms with Crippen molar-refractivity contribution in [3.05, 3.63) is 38.5 Å². The van der Waals surface area contributed by atoms with E-state index in [0.29, 0.717) is 37.2 Å². The van der Waals surface area contributed by atoms with Crippen LogP contribution in [0.5, 0.6) is 5.75 Å². The van der Waals surface area contributed by atoms with Gasteiger partial charge in [0.15, 0.2) is 5.13 Å². The molecule has 1 aliphatic rings. The van der Waals surface area contributed by atoms with Crippen LogP contribution in [-0.4, -0.2) is 37.3 Å². The number of benzene rings is 1. The molecule has 1 unspecified atom stereocenters. The van der Waals surface area contributed by atoms with Gasteiger partial charge in [-0.25, -0.2) is 4.98 Å². The van der Waals surface area contributed by atoms with E-state index in [1.165, 1.54) is 22.7 Å². The van der Waals surface area contributed by atoms with Crippen molar-refractivity contribution in [2.24, 2.45) is 0 Å². The van der Waals surface area contributed by atoms with E-state index < -0.39 is 0 Å². The van der Waals surface area contributed by atoms with Gasteiger partial charge in [-0.3, -0.25) is 9.69 Å². The van der Waals surface area contributed by atoms with Crippen molar-refractivity contribution in [3.8, 4) is 5.75 Å². The average Bonchev–Trinajstić information content (AvgIpc) is 3.40. The standard InChI is InChI=1S/C18H16Cl2N2O3S2/c1-24-12-5-4-11(19)16-15(12)21-18(27-16)22(9-10-3-2-8-25-10)17(23)13-6-7-14(20)26-13/h4-7,10H,2-3,8-9H2,1H3. The molecule has 3 heterocycles. The van der Waals surface area contributed by atoms with Gasteiger partial charge in [-0.2, -0.15) is 0 Å². The Morgan fingerprint density at radius 3 is 2.85 bits per heavy atom. The number of amides is 1. The first kappa shape index (κ1) is 19.0. The summed E-state index contributed by atoms with van der Waals surface area (Å²) in [5.74, 6) is 0.483. The summed E-state index contributed by atoms with van der Waals surface area (Å²) in [6.45, 7) is 1.16. The molecule has 0 radical (unpaired) electrons. The first-order valence-electron chi connectivity index (χ1n) is 8.38. The normalized spacial score (nSPS) is 16.8. The summed E-state index contributed by atoms with van der Waals surface area (Å²) in [5, 5.41) is 1.15. The maximum absolute atomic E-state index is 13.2. The van der Waals surface area contributed by atoms with Crippen LogP contribution in [0.3, 0.4) is 0 Å². The van der Waals surface area contributed by atoms with Gasteiger partial charge in [0.05, 0.1) is 38.7 Å². The number of halogens is 2. The molecule has 0 N–H and O–H groups in total. The van der Waals surface area contributed by atoms with Gasteiger partial charge in [-0.1, -0.05) is 34.5 Å². The van der Waals surface area contributed by atoms with E-state index in [0.717, 1.165) is 24.1 Å². The molecule has 0 spiro atoms. The number of rotatable bonds is 5. The SMILES string of the molecule is COc1ccc(Cl)c2sc(N(CC3CCCO3)C(=O)c3ccc(Cl)s3)nc12. The number of methoxy groups -OCH3 is 1. The van der Waals surface area contributed by atoms with Gasteiger partial charge < -0.3 is 9.47 Å². The lowest BCUT2D eigenvalue weighted by Crippen LogP contribution is -2.37. The zero-order valence-electron chi connectivity index (χ0n) is 14.4. The van der Waals surface area contributed by atoms with E-state index in [9.17, 15) is 4.79 Å². The average molecular weight is 443 g/mol. The number of thiazole rings is 1. The van der Waals surface area contributed by atoms with Gasteiger partial charge in [0.25, 0.3) is 5.91 Å². The quantitative estimate of drug-likeness (QED) is 0.523. The Morgan fingerprint density at radius 1 is 1.33 bits per heavy atom. The number of ether oxygens (including phenoxy) is 2. The number of nitrogens with zero attached hydrogens (tertiary/aromatic N) is 2. The van der Waals surface area contributed by atoms with Crippen LogP contribution in [0.15, 0.2) is 24.3 Å². The minimum atomic E-state index is -0.142. The van der Waals surface area contributed by atoms with E-state index in [-0.39, 0.29) is 12.0 Å². The molecule has 9 heteroatoms. The highest BCUT2D eigenvalue weighted by Gasteiger charge is 2.28. The molecule has 1 aliphatic heterocycles. The topological polar surface area (TPSA) is 51.7 Å². The van der Waals surface area contributed by atoms with Crippen molar-refractivity contribution >= 4 is 67.1 Å². The molecule has 2 aromatic heterocycles. The van der Waals surface area contributed by atoms with Gasteiger partial charge in [-0.05, 0) is 37.1 Å². The zero-order valence-corrected chi connectivity index (χ0v) is 17.6. The Balaban J connectivity index is 1.76. The van der Waals surface area contributed by atoms with Gasteiger partial charge in [-0.15, -0.1) is 11.3 Å². The summed E-state index contributed by atoms with van der Waals surface area (Å²) >= 11 is 15.0. The number of fused-ring (bicyclic) bond motifs is 1. The summed E-state index contributed by atoms with van der Waals surface area (Å²) in [7, 11) is 1.59. The Morgan fingerprint density at radius 2 is 2.19 bits per heavy atom. The van der Waals surface area contributed by atoms with Gasteiger partial charge in [0, 0.05) is 6.61 Å². The first-order chi connectivity index (χ1) is 13.1. The lowest BCUT2D eigenvalue weighted by atomic mass is 10.2. The first-order valence-corrected chi connectivity index (χ1v) is 10.8. The molecule has 3 aromatic rings. The molecule has 1 aromatic carbocycles. The molecule has 1 amide bonds. The molecule has 5 nitrogen and oxygen atoms in total. The summed E-state index contributed by atoms with van der Waals surface area (Å²) < 4.78 is 12.5. The van der Waals surface area contributed by atoms with E-state index >= 15 is 0 Å².